The minimum absolute atomic E-state index is 0. The number of halogens is 1. The molecule has 0 fully saturated rings. The van der Waals surface area contributed by atoms with Crippen LogP contribution in [0, 0.1) is 0 Å². The summed E-state index contributed by atoms with van der Waals surface area (Å²) in [4.78, 5) is 52.3. The zero-order valence-electron chi connectivity index (χ0n) is 23.5. The van der Waals surface area contributed by atoms with Gasteiger partial charge in [-0.3, -0.25) is 23.4 Å². The van der Waals surface area contributed by atoms with Crippen LogP contribution < -0.4 is 21.7 Å². The molecule has 0 spiro atoms. The number of aromatic hydroxyl groups is 1. The fourth-order valence-electron chi connectivity index (χ4n) is 3.83. The molecular formula is C28H40ClN5O6S. The molecule has 13 heteroatoms. The zero-order chi connectivity index (χ0) is 29.7. The zero-order valence-corrected chi connectivity index (χ0v) is 25.1. The molecule has 4 amide bonds. The van der Waals surface area contributed by atoms with Crippen LogP contribution >= 0.6 is 12.4 Å². The van der Waals surface area contributed by atoms with E-state index in [9.17, 15) is 28.5 Å². The summed E-state index contributed by atoms with van der Waals surface area (Å²) in [6.45, 7) is 1.43. The first-order valence-electron chi connectivity index (χ1n) is 13.0. The van der Waals surface area contributed by atoms with Gasteiger partial charge in [0.2, 0.25) is 23.6 Å². The number of rotatable bonds is 15. The van der Waals surface area contributed by atoms with Gasteiger partial charge in [-0.25, -0.2) is 0 Å². The molecule has 2 aromatic carbocycles. The minimum Gasteiger partial charge on any atom is -0.508 e. The quantitative estimate of drug-likeness (QED) is 0.180. The van der Waals surface area contributed by atoms with Crippen LogP contribution in [0.15, 0.2) is 54.6 Å². The van der Waals surface area contributed by atoms with Gasteiger partial charge in [-0.05, 0) is 43.0 Å². The van der Waals surface area contributed by atoms with Gasteiger partial charge in [0, 0.05) is 42.8 Å². The molecular weight excluding hydrogens is 570 g/mol. The number of nitrogens with zero attached hydrogens (tertiary/aromatic N) is 1. The Hall–Kier alpha value is -3.48. The molecule has 226 valence electrons. The highest BCUT2D eigenvalue weighted by atomic mass is 35.5. The minimum atomic E-state index is -0.964. The predicted molar refractivity (Wildman–Crippen MR) is 161 cm³/mol. The van der Waals surface area contributed by atoms with E-state index in [2.05, 4.69) is 16.0 Å². The second kappa shape index (κ2) is 18.1. The Kier molecular flexibility index (Phi) is 15.7. The number of carbonyl (C=O) groups is 4. The van der Waals surface area contributed by atoms with Crippen LogP contribution in [0.4, 0.5) is 0 Å². The number of benzene rings is 2. The van der Waals surface area contributed by atoms with Crippen molar-refractivity contribution in [2.75, 3.05) is 32.1 Å². The lowest BCUT2D eigenvalue weighted by atomic mass is 10.0. The molecule has 0 saturated carbocycles. The van der Waals surface area contributed by atoms with Gasteiger partial charge in [0.1, 0.15) is 17.8 Å². The Bertz CT molecular complexity index is 1170. The van der Waals surface area contributed by atoms with E-state index in [1.165, 1.54) is 31.0 Å². The number of hydrogen-bond acceptors (Lipinski definition) is 7. The average molecular weight is 610 g/mol. The number of nitrogens with two attached hydrogens (primary N) is 1. The van der Waals surface area contributed by atoms with Gasteiger partial charge in [-0.15, -0.1) is 12.4 Å². The molecule has 1 unspecified atom stereocenters. The van der Waals surface area contributed by atoms with E-state index in [0.717, 1.165) is 11.1 Å². The van der Waals surface area contributed by atoms with Crippen molar-refractivity contribution in [2.45, 2.75) is 44.3 Å². The lowest BCUT2D eigenvalue weighted by Gasteiger charge is -2.28. The van der Waals surface area contributed by atoms with E-state index in [1.807, 2.05) is 30.3 Å². The standard InChI is InChI=1S/C28H39N5O6S.ClH/c1-19(32-27(37)23(29)16-21-10-12-22(34)13-11-21)26(36)31-18-25(35)33(2)24(17-20-8-5-4-6-9-20)28(38)30-14-7-15-40(3)39;/h4-6,8-13,19,23-24,34H,7,14-18,29H2,1-3H3,(H,30,38)(H,31,36)(H,32,37);1H/t19-,23+,24+,40?;/m1./s1. The summed E-state index contributed by atoms with van der Waals surface area (Å²) >= 11 is 0. The molecule has 6 N–H and O–H groups in total. The third-order valence-electron chi connectivity index (χ3n) is 6.24. The van der Waals surface area contributed by atoms with Gasteiger partial charge in [0.05, 0.1) is 12.6 Å². The van der Waals surface area contributed by atoms with Crippen LogP contribution in [0.3, 0.4) is 0 Å². The van der Waals surface area contributed by atoms with Crippen LogP contribution in [-0.4, -0.2) is 88.1 Å². The van der Waals surface area contributed by atoms with Crippen LogP contribution in [0.5, 0.6) is 5.75 Å². The maximum atomic E-state index is 13.0. The maximum absolute atomic E-state index is 13.0. The van der Waals surface area contributed by atoms with Crippen LogP contribution in [0.25, 0.3) is 0 Å². The second-order valence-electron chi connectivity index (χ2n) is 9.56. The molecule has 4 atom stereocenters. The summed E-state index contributed by atoms with van der Waals surface area (Å²) in [6, 6.07) is 12.9. The van der Waals surface area contributed by atoms with Crippen molar-refractivity contribution >= 4 is 46.8 Å². The Labute approximate surface area is 249 Å². The largest absolute Gasteiger partial charge is 0.508 e. The monoisotopic (exact) mass is 609 g/mol. The van der Waals surface area contributed by atoms with E-state index in [4.69, 9.17) is 5.73 Å². The van der Waals surface area contributed by atoms with Crippen LogP contribution in [0.2, 0.25) is 0 Å². The second-order valence-corrected chi connectivity index (χ2v) is 11.1. The highest BCUT2D eigenvalue weighted by molar-refractivity contribution is 7.84. The topological polar surface area (TPSA) is 171 Å². The molecule has 0 radical (unpaired) electrons. The Morgan fingerprint density at radius 1 is 0.927 bits per heavy atom. The van der Waals surface area contributed by atoms with Crippen molar-refractivity contribution in [3.05, 3.63) is 65.7 Å². The molecule has 0 aliphatic rings. The third-order valence-corrected chi connectivity index (χ3v) is 7.10. The molecule has 0 heterocycles. The predicted octanol–water partition coefficient (Wildman–Crippen LogP) is 0.259. The number of hydrogen-bond donors (Lipinski definition) is 5. The van der Waals surface area contributed by atoms with Crippen molar-refractivity contribution in [3.8, 4) is 5.75 Å². The van der Waals surface area contributed by atoms with Crippen molar-refractivity contribution in [2.24, 2.45) is 5.73 Å². The molecule has 11 nitrogen and oxygen atoms in total. The van der Waals surface area contributed by atoms with Crippen molar-refractivity contribution in [1.82, 2.24) is 20.9 Å². The normalized spacial score (nSPS) is 13.5. The lowest BCUT2D eigenvalue weighted by molar-refractivity contribution is -0.139. The first-order chi connectivity index (χ1) is 19.0. The van der Waals surface area contributed by atoms with Gasteiger partial charge in [-0.1, -0.05) is 42.5 Å². The highest BCUT2D eigenvalue weighted by Crippen LogP contribution is 2.11. The number of phenols is 1. The van der Waals surface area contributed by atoms with Gasteiger partial charge < -0.3 is 31.7 Å². The fraction of sp³-hybridized carbons (Fsp3) is 0.429. The Morgan fingerprint density at radius 2 is 1.54 bits per heavy atom. The van der Waals surface area contributed by atoms with E-state index >= 15 is 0 Å². The number of carbonyl (C=O) groups excluding carboxylic acids is 4. The molecule has 2 rings (SSSR count). The van der Waals surface area contributed by atoms with Gasteiger partial charge in [0.15, 0.2) is 0 Å². The van der Waals surface area contributed by atoms with E-state index < -0.39 is 46.6 Å². The number of amides is 4. The average Bonchev–Trinajstić information content (AvgIpc) is 2.93. The summed E-state index contributed by atoms with van der Waals surface area (Å²) in [5.74, 6) is -1.39. The maximum Gasteiger partial charge on any atom is 0.243 e. The number of likely N-dealkylation sites (N-methyl/N-ethyl adjacent to an activating group) is 1. The Morgan fingerprint density at radius 3 is 2.15 bits per heavy atom. The summed E-state index contributed by atoms with van der Waals surface area (Å²) < 4.78 is 11.3. The van der Waals surface area contributed by atoms with Gasteiger partial charge >= 0.3 is 0 Å². The first-order valence-corrected chi connectivity index (χ1v) is 14.7. The summed E-state index contributed by atoms with van der Waals surface area (Å²) in [5.41, 5.74) is 7.57. The molecule has 41 heavy (non-hydrogen) atoms. The smallest absolute Gasteiger partial charge is 0.243 e. The SMILES string of the molecule is C[C@@H](NC(=O)[C@@H](N)Cc1ccc(O)cc1)C(=O)NCC(=O)N(C)[C@@H](Cc1ccccc1)C(=O)NCCCS(C)=O.Cl. The van der Waals surface area contributed by atoms with Crippen LogP contribution in [0.1, 0.15) is 24.5 Å². The van der Waals surface area contributed by atoms with Gasteiger partial charge in [0.25, 0.3) is 0 Å². The lowest BCUT2D eigenvalue weighted by Crippen LogP contribution is -2.54. The fourth-order valence-corrected chi connectivity index (χ4v) is 4.38. The van der Waals surface area contributed by atoms with Crippen molar-refractivity contribution in [1.29, 1.82) is 0 Å². The first kappa shape index (κ1) is 35.5. The van der Waals surface area contributed by atoms with Crippen LogP contribution in [-0.2, 0) is 42.8 Å². The third kappa shape index (κ3) is 12.7. The Balaban J connectivity index is 0.00000840. The molecule has 0 bridgehead atoms. The van der Waals surface area contributed by atoms with Crippen molar-refractivity contribution < 1.29 is 28.5 Å². The summed E-state index contributed by atoms with van der Waals surface area (Å²) in [6.07, 6.45) is 2.63. The molecule has 0 aromatic heterocycles. The number of nitrogens with one attached hydrogen (secondary N) is 3. The number of phenolic OH excluding ortho intramolecular Hbond substituents is 1. The van der Waals surface area contributed by atoms with Gasteiger partial charge in [-0.2, -0.15) is 0 Å². The molecule has 0 aliphatic heterocycles. The molecule has 0 aliphatic carbocycles. The highest BCUT2D eigenvalue weighted by Gasteiger charge is 2.28. The van der Waals surface area contributed by atoms with Crippen molar-refractivity contribution in [3.63, 3.8) is 0 Å². The van der Waals surface area contributed by atoms with E-state index in [1.54, 1.807) is 18.4 Å². The summed E-state index contributed by atoms with van der Waals surface area (Å²) in [5, 5.41) is 17.2. The van der Waals surface area contributed by atoms with E-state index in [-0.39, 0.29) is 43.5 Å². The van der Waals surface area contributed by atoms with E-state index in [0.29, 0.717) is 18.7 Å². The molecule has 0 saturated heterocycles. The summed E-state index contributed by atoms with van der Waals surface area (Å²) in [7, 11) is 0.532. The molecule has 2 aromatic rings.